The van der Waals surface area contributed by atoms with Gasteiger partial charge < -0.3 is 14.2 Å². The van der Waals surface area contributed by atoms with Gasteiger partial charge in [0, 0.05) is 6.42 Å². The number of hydrogen-bond acceptors (Lipinski definition) is 3. The standard InChI is InChI=1S/C11H9F13O2.C2H4O/c12-6(13,1-2-25-3-5-4-26-5)7(14,15)8(16,17)9(18,19)10(20,21)11(22,23)24;1-2-3-1/h5H,1-4H2;1-2H2. The van der Waals surface area contributed by atoms with E-state index in [1.807, 2.05) is 0 Å². The summed E-state index contributed by atoms with van der Waals surface area (Å²) in [5.41, 5.74) is 0. The molecule has 0 spiro atoms. The van der Waals surface area contributed by atoms with Gasteiger partial charge in [0.1, 0.15) is 6.10 Å². The number of ether oxygens (including phenoxy) is 3. The van der Waals surface area contributed by atoms with E-state index in [-0.39, 0.29) is 6.61 Å². The minimum absolute atomic E-state index is 0.128. The second-order valence-electron chi connectivity index (χ2n) is 5.89. The molecule has 0 amide bonds. The van der Waals surface area contributed by atoms with Crippen molar-refractivity contribution in [3.8, 4) is 0 Å². The highest BCUT2D eigenvalue weighted by molar-refractivity contribution is 5.10. The Morgan fingerprint density at radius 2 is 1.10 bits per heavy atom. The van der Waals surface area contributed by atoms with Crippen molar-refractivity contribution in [1.82, 2.24) is 0 Å². The van der Waals surface area contributed by atoms with Gasteiger partial charge >= 0.3 is 35.8 Å². The molecule has 0 saturated carbocycles. The molecule has 29 heavy (non-hydrogen) atoms. The third-order valence-electron chi connectivity index (χ3n) is 3.47. The van der Waals surface area contributed by atoms with Crippen LogP contribution in [0.1, 0.15) is 6.42 Å². The molecule has 0 radical (unpaired) electrons. The summed E-state index contributed by atoms with van der Waals surface area (Å²) >= 11 is 0. The molecule has 0 aromatic heterocycles. The molecule has 16 heteroatoms. The first-order chi connectivity index (χ1) is 12.8. The highest BCUT2D eigenvalue weighted by Crippen LogP contribution is 2.60. The smallest absolute Gasteiger partial charge is 0.378 e. The van der Waals surface area contributed by atoms with E-state index in [1.54, 1.807) is 0 Å². The first kappa shape index (κ1) is 26.0. The van der Waals surface area contributed by atoms with E-state index in [4.69, 9.17) is 0 Å². The van der Waals surface area contributed by atoms with Crippen LogP contribution in [0.3, 0.4) is 0 Å². The van der Waals surface area contributed by atoms with Crippen LogP contribution in [0.2, 0.25) is 0 Å². The van der Waals surface area contributed by atoms with Gasteiger partial charge in [0.25, 0.3) is 0 Å². The van der Waals surface area contributed by atoms with Crippen molar-refractivity contribution >= 4 is 0 Å². The van der Waals surface area contributed by atoms with Crippen molar-refractivity contribution in [3.63, 3.8) is 0 Å². The van der Waals surface area contributed by atoms with Crippen LogP contribution < -0.4 is 0 Å². The second kappa shape index (κ2) is 8.24. The predicted octanol–water partition coefficient (Wildman–Crippen LogP) is 4.55. The van der Waals surface area contributed by atoms with Gasteiger partial charge in [-0.25, -0.2) is 0 Å². The molecule has 0 aliphatic carbocycles. The molecule has 3 nitrogen and oxygen atoms in total. The lowest BCUT2D eigenvalue weighted by Crippen LogP contribution is -2.70. The highest BCUT2D eigenvalue weighted by Gasteiger charge is 2.90. The van der Waals surface area contributed by atoms with Crippen LogP contribution in [-0.2, 0) is 14.2 Å². The molecule has 174 valence electrons. The zero-order chi connectivity index (χ0) is 22.9. The van der Waals surface area contributed by atoms with Gasteiger partial charge in [-0.05, 0) is 0 Å². The molecule has 2 aliphatic rings. The Hall–Kier alpha value is -1.03. The molecule has 2 saturated heterocycles. The van der Waals surface area contributed by atoms with E-state index in [2.05, 4.69) is 14.2 Å². The van der Waals surface area contributed by atoms with Gasteiger partial charge in [-0.15, -0.1) is 0 Å². The molecular formula is C13H13F13O3. The third-order valence-corrected chi connectivity index (χ3v) is 3.47. The van der Waals surface area contributed by atoms with Crippen molar-refractivity contribution in [2.75, 3.05) is 33.0 Å². The molecule has 0 bridgehead atoms. The Balaban J connectivity index is 0.00000127. The number of hydrogen-bond donors (Lipinski definition) is 0. The molecular weight excluding hydrogens is 451 g/mol. The quantitative estimate of drug-likeness (QED) is 0.286. The minimum Gasteiger partial charge on any atom is -0.378 e. The Morgan fingerprint density at radius 1 is 0.690 bits per heavy atom. The number of alkyl halides is 13. The molecule has 1 unspecified atom stereocenters. The summed E-state index contributed by atoms with van der Waals surface area (Å²) < 4.78 is 179. The molecule has 0 aromatic rings. The van der Waals surface area contributed by atoms with Crippen LogP contribution in [0.25, 0.3) is 0 Å². The summed E-state index contributed by atoms with van der Waals surface area (Å²) in [6, 6.07) is 0. The van der Waals surface area contributed by atoms with Gasteiger partial charge in [-0.3, -0.25) is 0 Å². The summed E-state index contributed by atoms with van der Waals surface area (Å²) in [7, 11) is 0. The highest BCUT2D eigenvalue weighted by atomic mass is 19.4. The average molecular weight is 464 g/mol. The predicted molar refractivity (Wildman–Crippen MR) is 66.8 cm³/mol. The van der Waals surface area contributed by atoms with Crippen LogP contribution in [0, 0.1) is 0 Å². The number of halogens is 13. The van der Waals surface area contributed by atoms with Gasteiger partial charge in [0.05, 0.1) is 33.0 Å². The normalized spacial score (nSPS) is 20.8. The molecule has 2 rings (SSSR count). The van der Waals surface area contributed by atoms with Crippen LogP contribution in [0.15, 0.2) is 0 Å². The largest absolute Gasteiger partial charge is 0.460 e. The fraction of sp³-hybridized carbons (Fsp3) is 1.00. The first-order valence-corrected chi connectivity index (χ1v) is 7.56. The summed E-state index contributed by atoms with van der Waals surface area (Å²) in [6.45, 7) is 0.295. The van der Waals surface area contributed by atoms with Crippen molar-refractivity contribution in [3.05, 3.63) is 0 Å². The molecule has 2 heterocycles. The van der Waals surface area contributed by atoms with E-state index in [0.717, 1.165) is 13.2 Å². The maximum Gasteiger partial charge on any atom is 0.460 e. The van der Waals surface area contributed by atoms with E-state index >= 15 is 0 Å². The zero-order valence-electron chi connectivity index (χ0n) is 14.0. The molecule has 1 atom stereocenters. The van der Waals surface area contributed by atoms with Crippen LogP contribution in [0.4, 0.5) is 57.1 Å². The lowest BCUT2D eigenvalue weighted by atomic mass is 9.93. The third kappa shape index (κ3) is 5.37. The van der Waals surface area contributed by atoms with Crippen molar-refractivity contribution in [2.24, 2.45) is 0 Å². The molecule has 0 aromatic carbocycles. The lowest BCUT2D eigenvalue weighted by molar-refractivity contribution is -0.440. The summed E-state index contributed by atoms with van der Waals surface area (Å²) in [5.74, 6) is -36.7. The topological polar surface area (TPSA) is 34.3 Å². The van der Waals surface area contributed by atoms with Crippen LogP contribution in [0.5, 0.6) is 0 Å². The Bertz CT molecular complexity index is 538. The van der Waals surface area contributed by atoms with Gasteiger partial charge in [0.2, 0.25) is 0 Å². The number of rotatable bonds is 9. The summed E-state index contributed by atoms with van der Waals surface area (Å²) in [6.07, 6.45) is -10.3. The molecule has 2 fully saturated rings. The van der Waals surface area contributed by atoms with Crippen molar-refractivity contribution in [1.29, 1.82) is 0 Å². The Kier molecular flexibility index (Phi) is 7.39. The Morgan fingerprint density at radius 3 is 1.45 bits per heavy atom. The van der Waals surface area contributed by atoms with Crippen molar-refractivity contribution in [2.45, 2.75) is 48.3 Å². The molecule has 2 aliphatic heterocycles. The maximum absolute atomic E-state index is 13.3. The van der Waals surface area contributed by atoms with E-state index in [0.29, 0.717) is 0 Å². The average Bonchev–Trinajstić information content (AvgIpc) is 3.43. The van der Waals surface area contributed by atoms with Crippen LogP contribution in [-0.4, -0.2) is 74.9 Å². The first-order valence-electron chi connectivity index (χ1n) is 7.56. The second-order valence-corrected chi connectivity index (χ2v) is 5.89. The Labute approximate surface area is 154 Å². The minimum atomic E-state index is -7.87. The zero-order valence-corrected chi connectivity index (χ0v) is 14.0. The number of epoxide rings is 2. The van der Waals surface area contributed by atoms with E-state index in [1.165, 1.54) is 0 Å². The summed E-state index contributed by atoms with van der Waals surface area (Å²) in [4.78, 5) is 0. The van der Waals surface area contributed by atoms with Gasteiger partial charge in [-0.2, -0.15) is 57.1 Å². The van der Waals surface area contributed by atoms with Crippen molar-refractivity contribution < 1.29 is 71.3 Å². The molecule has 0 N–H and O–H groups in total. The van der Waals surface area contributed by atoms with Gasteiger partial charge in [0.15, 0.2) is 0 Å². The van der Waals surface area contributed by atoms with Gasteiger partial charge in [-0.1, -0.05) is 0 Å². The SMILES string of the molecule is C1CO1.FC(F)(F)C(F)(F)C(F)(F)C(F)(F)C(F)(F)C(F)(F)CCOCC1CO1. The monoisotopic (exact) mass is 464 g/mol. The fourth-order valence-electron chi connectivity index (χ4n) is 1.54. The lowest BCUT2D eigenvalue weighted by Gasteiger charge is -2.39. The maximum atomic E-state index is 13.3. The van der Waals surface area contributed by atoms with E-state index < -0.39 is 61.5 Å². The van der Waals surface area contributed by atoms with Crippen LogP contribution >= 0.6 is 0 Å². The summed E-state index contributed by atoms with van der Waals surface area (Å²) in [5, 5.41) is 0. The van der Waals surface area contributed by atoms with E-state index in [9.17, 15) is 57.1 Å². The fourth-order valence-corrected chi connectivity index (χ4v) is 1.54.